The van der Waals surface area contributed by atoms with E-state index < -0.39 is 0 Å². The fourth-order valence-electron chi connectivity index (χ4n) is 3.17. The predicted octanol–water partition coefficient (Wildman–Crippen LogP) is 4.22. The van der Waals surface area contributed by atoms with Crippen molar-refractivity contribution < 1.29 is 4.52 Å². The lowest BCUT2D eigenvalue weighted by atomic mass is 10.1. The molecule has 27 heavy (non-hydrogen) atoms. The lowest BCUT2D eigenvalue weighted by molar-refractivity contribution is 0.267. The van der Waals surface area contributed by atoms with Gasteiger partial charge in [0.15, 0.2) is 5.76 Å². The van der Waals surface area contributed by atoms with Crippen LogP contribution >= 0.6 is 0 Å². The van der Waals surface area contributed by atoms with Gasteiger partial charge in [0.05, 0.1) is 13.1 Å². The third-order valence-corrected chi connectivity index (χ3v) is 4.40. The molecule has 4 rings (SSSR count). The Morgan fingerprint density at radius 2 is 1.78 bits per heavy atom. The zero-order valence-corrected chi connectivity index (χ0v) is 15.3. The molecule has 2 aromatic carbocycles. The van der Waals surface area contributed by atoms with Gasteiger partial charge in [0, 0.05) is 30.6 Å². The van der Waals surface area contributed by atoms with E-state index in [1.807, 2.05) is 53.3 Å². The van der Waals surface area contributed by atoms with E-state index in [1.54, 1.807) is 6.20 Å². The number of benzene rings is 2. The summed E-state index contributed by atoms with van der Waals surface area (Å²) in [5.41, 5.74) is 4.46. The van der Waals surface area contributed by atoms with E-state index in [1.165, 1.54) is 11.1 Å². The summed E-state index contributed by atoms with van der Waals surface area (Å²) in [5, 5.41) is 8.46. The first-order valence-electron chi connectivity index (χ1n) is 9.01. The van der Waals surface area contributed by atoms with Crippen molar-refractivity contribution in [1.29, 1.82) is 0 Å². The molecule has 136 valence electrons. The molecule has 0 fully saturated rings. The van der Waals surface area contributed by atoms with E-state index >= 15 is 0 Å². The van der Waals surface area contributed by atoms with E-state index in [4.69, 9.17) is 4.52 Å². The van der Waals surface area contributed by atoms with Gasteiger partial charge >= 0.3 is 0 Å². The summed E-state index contributed by atoms with van der Waals surface area (Å²) in [5.74, 6) is 0.865. The Hall–Kier alpha value is -3.18. The van der Waals surface area contributed by atoms with Gasteiger partial charge in [0.1, 0.15) is 5.69 Å². The fourth-order valence-corrected chi connectivity index (χ4v) is 3.17. The van der Waals surface area contributed by atoms with Crippen LogP contribution in [0.3, 0.4) is 0 Å². The molecule has 0 N–H and O–H groups in total. The van der Waals surface area contributed by atoms with Crippen molar-refractivity contribution in [1.82, 2.24) is 19.8 Å². The Kier molecular flexibility index (Phi) is 5.12. The summed E-state index contributed by atoms with van der Waals surface area (Å²) >= 11 is 0. The summed E-state index contributed by atoms with van der Waals surface area (Å²) in [7, 11) is 2.09. The van der Waals surface area contributed by atoms with Gasteiger partial charge in [-0.3, -0.25) is 9.58 Å². The lowest BCUT2D eigenvalue weighted by Crippen LogP contribution is -2.17. The topological polar surface area (TPSA) is 47.1 Å². The van der Waals surface area contributed by atoms with Crippen molar-refractivity contribution >= 4 is 0 Å². The second-order valence-corrected chi connectivity index (χ2v) is 6.74. The zero-order valence-electron chi connectivity index (χ0n) is 15.3. The molecule has 0 saturated heterocycles. The Morgan fingerprint density at radius 3 is 2.59 bits per heavy atom. The fraction of sp³-hybridized carbons (Fsp3) is 0.182. The SMILES string of the molecule is CN(Cc1cccc(Cn2cccn2)c1)Cc1cc(-c2ccccc2)no1. The highest BCUT2D eigenvalue weighted by atomic mass is 16.5. The third kappa shape index (κ3) is 4.51. The number of nitrogens with zero attached hydrogens (tertiary/aromatic N) is 4. The average molecular weight is 358 g/mol. The monoisotopic (exact) mass is 358 g/mol. The van der Waals surface area contributed by atoms with Crippen LogP contribution in [-0.4, -0.2) is 26.9 Å². The minimum atomic E-state index is 0.712. The lowest BCUT2D eigenvalue weighted by Gasteiger charge is -2.15. The zero-order chi connectivity index (χ0) is 18.5. The van der Waals surface area contributed by atoms with Gasteiger partial charge in [-0.05, 0) is 24.2 Å². The smallest absolute Gasteiger partial charge is 0.151 e. The van der Waals surface area contributed by atoms with Crippen LogP contribution in [-0.2, 0) is 19.6 Å². The minimum Gasteiger partial charge on any atom is -0.359 e. The maximum atomic E-state index is 5.52. The first-order valence-corrected chi connectivity index (χ1v) is 9.01. The van der Waals surface area contributed by atoms with Crippen LogP contribution < -0.4 is 0 Å². The van der Waals surface area contributed by atoms with Gasteiger partial charge in [-0.25, -0.2) is 0 Å². The maximum absolute atomic E-state index is 5.52. The number of rotatable bonds is 7. The Balaban J connectivity index is 1.38. The molecule has 0 saturated carbocycles. The van der Waals surface area contributed by atoms with E-state index in [-0.39, 0.29) is 0 Å². The normalized spacial score (nSPS) is 11.2. The van der Waals surface area contributed by atoms with Crippen LogP contribution in [0.1, 0.15) is 16.9 Å². The summed E-state index contributed by atoms with van der Waals surface area (Å²) < 4.78 is 7.45. The summed E-state index contributed by atoms with van der Waals surface area (Å²) in [6.45, 7) is 2.34. The van der Waals surface area contributed by atoms with Crippen molar-refractivity contribution in [2.24, 2.45) is 0 Å². The highest BCUT2D eigenvalue weighted by Crippen LogP contribution is 2.19. The van der Waals surface area contributed by atoms with Crippen molar-refractivity contribution in [2.45, 2.75) is 19.6 Å². The summed E-state index contributed by atoms with van der Waals surface area (Å²) in [6, 6.07) is 22.7. The predicted molar refractivity (Wildman–Crippen MR) is 105 cm³/mol. The van der Waals surface area contributed by atoms with Gasteiger partial charge < -0.3 is 4.52 Å². The largest absolute Gasteiger partial charge is 0.359 e. The molecule has 2 aromatic heterocycles. The molecule has 0 bridgehead atoms. The Morgan fingerprint density at radius 1 is 0.926 bits per heavy atom. The van der Waals surface area contributed by atoms with Gasteiger partial charge in [-0.2, -0.15) is 5.10 Å². The van der Waals surface area contributed by atoms with E-state index in [0.717, 1.165) is 30.1 Å². The average Bonchev–Trinajstić information content (AvgIpc) is 3.35. The molecule has 0 spiro atoms. The molecule has 0 unspecified atom stereocenters. The molecule has 0 radical (unpaired) electrons. The molecular formula is C22H22N4O. The van der Waals surface area contributed by atoms with E-state index in [2.05, 4.69) is 46.5 Å². The second-order valence-electron chi connectivity index (χ2n) is 6.74. The number of aromatic nitrogens is 3. The van der Waals surface area contributed by atoms with E-state index in [9.17, 15) is 0 Å². The van der Waals surface area contributed by atoms with Crippen LogP contribution in [0.5, 0.6) is 0 Å². The van der Waals surface area contributed by atoms with Crippen LogP contribution in [0.2, 0.25) is 0 Å². The van der Waals surface area contributed by atoms with Gasteiger partial charge in [0.25, 0.3) is 0 Å². The first kappa shape index (κ1) is 17.2. The molecule has 0 aliphatic carbocycles. The molecule has 5 heteroatoms. The third-order valence-electron chi connectivity index (χ3n) is 4.40. The minimum absolute atomic E-state index is 0.712. The molecule has 0 atom stereocenters. The van der Waals surface area contributed by atoms with Crippen LogP contribution in [0.15, 0.2) is 83.6 Å². The van der Waals surface area contributed by atoms with Crippen molar-refractivity contribution in [3.8, 4) is 11.3 Å². The van der Waals surface area contributed by atoms with Crippen LogP contribution in [0.4, 0.5) is 0 Å². The Labute approximate surface area is 158 Å². The molecule has 0 aliphatic rings. The quantitative estimate of drug-likeness (QED) is 0.496. The van der Waals surface area contributed by atoms with E-state index in [0.29, 0.717) is 6.54 Å². The summed E-state index contributed by atoms with van der Waals surface area (Å²) in [6.07, 6.45) is 3.78. The molecular weight excluding hydrogens is 336 g/mol. The van der Waals surface area contributed by atoms with Crippen LogP contribution in [0.25, 0.3) is 11.3 Å². The van der Waals surface area contributed by atoms with Crippen molar-refractivity contribution in [2.75, 3.05) is 7.05 Å². The maximum Gasteiger partial charge on any atom is 0.151 e. The van der Waals surface area contributed by atoms with Crippen molar-refractivity contribution in [3.05, 3.63) is 96.0 Å². The molecule has 0 amide bonds. The summed E-state index contributed by atoms with van der Waals surface area (Å²) in [4.78, 5) is 2.22. The van der Waals surface area contributed by atoms with Gasteiger partial charge in [0.2, 0.25) is 0 Å². The standard InChI is InChI=1S/C22H22N4O/c1-25(17-21-14-22(24-27-21)20-9-3-2-4-10-20)15-18-7-5-8-19(13-18)16-26-12-6-11-23-26/h2-14H,15-17H2,1H3. The Bertz CT molecular complexity index is 976. The number of hydrogen-bond donors (Lipinski definition) is 0. The highest BCUT2D eigenvalue weighted by molar-refractivity contribution is 5.58. The second kappa shape index (κ2) is 8.01. The van der Waals surface area contributed by atoms with Crippen LogP contribution in [0, 0.1) is 0 Å². The first-order chi connectivity index (χ1) is 13.3. The molecule has 4 aromatic rings. The highest BCUT2D eigenvalue weighted by Gasteiger charge is 2.09. The van der Waals surface area contributed by atoms with Crippen molar-refractivity contribution in [3.63, 3.8) is 0 Å². The molecule has 2 heterocycles. The molecule has 0 aliphatic heterocycles. The van der Waals surface area contributed by atoms with Gasteiger partial charge in [-0.1, -0.05) is 59.8 Å². The molecule has 5 nitrogen and oxygen atoms in total. The number of hydrogen-bond acceptors (Lipinski definition) is 4. The van der Waals surface area contributed by atoms with Gasteiger partial charge in [-0.15, -0.1) is 0 Å².